The Morgan fingerprint density at radius 1 is 1.41 bits per heavy atom. The number of hydrogen-bond donors (Lipinski definition) is 1. The molecule has 3 rings (SSSR count). The second-order valence-electron chi connectivity index (χ2n) is 5.63. The minimum Gasteiger partial charge on any atom is -0.342 e. The monoisotopic (exact) mass is 321 g/mol. The van der Waals surface area contributed by atoms with Crippen molar-refractivity contribution < 1.29 is 14.4 Å². The van der Waals surface area contributed by atoms with Gasteiger partial charge < -0.3 is 15.1 Å². The summed E-state index contributed by atoms with van der Waals surface area (Å²) in [6, 6.07) is 2.65. The van der Waals surface area contributed by atoms with Crippen LogP contribution < -0.4 is 5.32 Å². The average molecular weight is 321 g/mol. The van der Waals surface area contributed by atoms with Crippen LogP contribution in [0.5, 0.6) is 0 Å². The zero-order valence-electron chi connectivity index (χ0n) is 12.4. The highest BCUT2D eigenvalue weighted by atomic mass is 32.1. The van der Waals surface area contributed by atoms with Gasteiger partial charge in [0.05, 0.1) is 11.4 Å². The third kappa shape index (κ3) is 2.61. The smallest absolute Gasteiger partial charge is 0.264 e. The molecular formula is C15H19N3O3S. The molecule has 7 heteroatoms. The van der Waals surface area contributed by atoms with Gasteiger partial charge in [-0.25, -0.2) is 0 Å². The van der Waals surface area contributed by atoms with Crippen molar-refractivity contribution in [1.29, 1.82) is 0 Å². The summed E-state index contributed by atoms with van der Waals surface area (Å²) in [6.07, 6.45) is 1.50. The van der Waals surface area contributed by atoms with E-state index in [0.29, 0.717) is 24.4 Å². The van der Waals surface area contributed by atoms with Gasteiger partial charge in [0, 0.05) is 13.1 Å². The second kappa shape index (κ2) is 6.08. The lowest BCUT2D eigenvalue weighted by Crippen LogP contribution is -2.69. The van der Waals surface area contributed by atoms with E-state index in [9.17, 15) is 14.4 Å². The van der Waals surface area contributed by atoms with Gasteiger partial charge in [-0.15, -0.1) is 11.3 Å². The van der Waals surface area contributed by atoms with Crippen molar-refractivity contribution in [3.05, 3.63) is 22.4 Å². The number of amides is 3. The Morgan fingerprint density at radius 3 is 2.91 bits per heavy atom. The van der Waals surface area contributed by atoms with Crippen LogP contribution in [-0.4, -0.2) is 59.2 Å². The Balaban J connectivity index is 1.72. The van der Waals surface area contributed by atoms with Crippen molar-refractivity contribution in [3.63, 3.8) is 0 Å². The first-order chi connectivity index (χ1) is 10.6. The number of hydrogen-bond acceptors (Lipinski definition) is 4. The molecule has 2 aliphatic rings. The van der Waals surface area contributed by atoms with Gasteiger partial charge in [-0.3, -0.25) is 14.4 Å². The molecule has 1 aromatic heterocycles. The summed E-state index contributed by atoms with van der Waals surface area (Å²) in [5, 5.41) is 4.65. The maximum atomic E-state index is 12.4. The van der Waals surface area contributed by atoms with Crippen LogP contribution >= 0.6 is 11.3 Å². The van der Waals surface area contributed by atoms with E-state index >= 15 is 0 Å². The Morgan fingerprint density at radius 2 is 2.23 bits per heavy atom. The van der Waals surface area contributed by atoms with Crippen LogP contribution in [0.15, 0.2) is 17.5 Å². The standard InChI is InChI=1S/C15H19N3O3S/c1-2-4-10-14(20)18-7-6-17(9-11(18)13(19)16-10)15(21)12-5-3-8-22-12/h3,5,8,10-11H,2,4,6-7,9H2,1H3,(H,16,19)/t10-,11+/m0/s1. The van der Waals surface area contributed by atoms with E-state index in [2.05, 4.69) is 5.32 Å². The first-order valence-electron chi connectivity index (χ1n) is 7.55. The molecule has 3 heterocycles. The van der Waals surface area contributed by atoms with Crippen molar-refractivity contribution >= 4 is 29.1 Å². The van der Waals surface area contributed by atoms with Crippen LogP contribution in [0.4, 0.5) is 0 Å². The molecule has 0 aromatic carbocycles. The molecule has 0 bridgehead atoms. The van der Waals surface area contributed by atoms with Crippen molar-refractivity contribution in [3.8, 4) is 0 Å². The van der Waals surface area contributed by atoms with Gasteiger partial charge >= 0.3 is 0 Å². The lowest BCUT2D eigenvalue weighted by molar-refractivity contribution is -0.152. The third-order valence-corrected chi connectivity index (χ3v) is 5.04. The zero-order valence-corrected chi connectivity index (χ0v) is 13.3. The van der Waals surface area contributed by atoms with Crippen LogP contribution in [0, 0.1) is 0 Å². The van der Waals surface area contributed by atoms with Gasteiger partial charge in [0.1, 0.15) is 12.1 Å². The normalized spacial score (nSPS) is 25.0. The van der Waals surface area contributed by atoms with Gasteiger partial charge in [0.15, 0.2) is 0 Å². The summed E-state index contributed by atoms with van der Waals surface area (Å²) in [6.45, 7) is 3.16. The molecule has 0 unspecified atom stereocenters. The third-order valence-electron chi connectivity index (χ3n) is 4.18. The number of thiophene rings is 1. The number of carbonyl (C=O) groups excluding carboxylic acids is 3. The van der Waals surface area contributed by atoms with E-state index in [-0.39, 0.29) is 24.3 Å². The predicted octanol–water partition coefficient (Wildman–Crippen LogP) is 0.700. The fourth-order valence-electron chi connectivity index (χ4n) is 3.03. The van der Waals surface area contributed by atoms with E-state index in [1.807, 2.05) is 18.4 Å². The number of fused-ring (bicyclic) bond motifs is 1. The fraction of sp³-hybridized carbons (Fsp3) is 0.533. The quantitative estimate of drug-likeness (QED) is 0.891. The van der Waals surface area contributed by atoms with Gasteiger partial charge in [0.2, 0.25) is 11.8 Å². The molecule has 2 aliphatic heterocycles. The van der Waals surface area contributed by atoms with Crippen molar-refractivity contribution in [2.75, 3.05) is 19.6 Å². The molecule has 118 valence electrons. The largest absolute Gasteiger partial charge is 0.342 e. The number of rotatable bonds is 3. The minimum atomic E-state index is -0.557. The minimum absolute atomic E-state index is 0.0188. The highest BCUT2D eigenvalue weighted by Crippen LogP contribution is 2.20. The fourth-order valence-corrected chi connectivity index (χ4v) is 3.72. The molecule has 1 aromatic rings. The van der Waals surface area contributed by atoms with Crippen molar-refractivity contribution in [1.82, 2.24) is 15.1 Å². The lowest BCUT2D eigenvalue weighted by atomic mass is 10.0. The molecule has 0 saturated carbocycles. The SMILES string of the molecule is CCC[C@@H]1NC(=O)[C@H]2CN(C(=O)c3cccs3)CCN2C1=O. The Hall–Kier alpha value is -1.89. The van der Waals surface area contributed by atoms with Gasteiger partial charge in [-0.2, -0.15) is 0 Å². The summed E-state index contributed by atoms with van der Waals surface area (Å²) in [7, 11) is 0. The average Bonchev–Trinajstić information content (AvgIpc) is 3.06. The van der Waals surface area contributed by atoms with E-state index in [1.54, 1.807) is 15.9 Å². The molecule has 2 atom stereocenters. The first-order valence-corrected chi connectivity index (χ1v) is 8.43. The molecule has 2 saturated heterocycles. The predicted molar refractivity (Wildman–Crippen MR) is 82.6 cm³/mol. The van der Waals surface area contributed by atoms with Crippen molar-refractivity contribution in [2.24, 2.45) is 0 Å². The molecule has 0 spiro atoms. The van der Waals surface area contributed by atoms with Crippen LogP contribution in [0.25, 0.3) is 0 Å². The summed E-state index contributed by atoms with van der Waals surface area (Å²) < 4.78 is 0. The van der Waals surface area contributed by atoms with E-state index < -0.39 is 12.1 Å². The van der Waals surface area contributed by atoms with Crippen LogP contribution in [0.2, 0.25) is 0 Å². The summed E-state index contributed by atoms with van der Waals surface area (Å²) in [5.74, 6) is -0.234. The number of nitrogens with one attached hydrogen (secondary N) is 1. The van der Waals surface area contributed by atoms with Gasteiger partial charge in [-0.1, -0.05) is 19.4 Å². The van der Waals surface area contributed by atoms with E-state index in [0.717, 1.165) is 6.42 Å². The number of piperazine rings is 2. The van der Waals surface area contributed by atoms with E-state index in [1.165, 1.54) is 11.3 Å². The maximum Gasteiger partial charge on any atom is 0.264 e. The van der Waals surface area contributed by atoms with Crippen LogP contribution in [0.3, 0.4) is 0 Å². The van der Waals surface area contributed by atoms with Gasteiger partial charge in [0.25, 0.3) is 5.91 Å². The Labute approximate surface area is 133 Å². The van der Waals surface area contributed by atoms with Gasteiger partial charge in [-0.05, 0) is 17.9 Å². The zero-order chi connectivity index (χ0) is 15.7. The molecule has 2 fully saturated rings. The molecule has 0 aliphatic carbocycles. The molecule has 6 nitrogen and oxygen atoms in total. The number of nitrogens with zero attached hydrogens (tertiary/aromatic N) is 2. The van der Waals surface area contributed by atoms with E-state index in [4.69, 9.17) is 0 Å². The number of carbonyl (C=O) groups is 3. The Kier molecular flexibility index (Phi) is 4.15. The van der Waals surface area contributed by atoms with Crippen LogP contribution in [0.1, 0.15) is 29.4 Å². The molecule has 0 radical (unpaired) electrons. The molecule has 22 heavy (non-hydrogen) atoms. The molecule has 1 N–H and O–H groups in total. The maximum absolute atomic E-state index is 12.4. The molecule has 3 amide bonds. The summed E-state index contributed by atoms with van der Waals surface area (Å²) in [5.41, 5.74) is 0. The summed E-state index contributed by atoms with van der Waals surface area (Å²) >= 11 is 1.39. The summed E-state index contributed by atoms with van der Waals surface area (Å²) in [4.78, 5) is 41.0. The Bertz CT molecular complexity index is 587. The first kappa shape index (κ1) is 15.0. The highest BCUT2D eigenvalue weighted by Gasteiger charge is 2.43. The second-order valence-corrected chi connectivity index (χ2v) is 6.57. The molecular weight excluding hydrogens is 302 g/mol. The topological polar surface area (TPSA) is 69.7 Å². The van der Waals surface area contributed by atoms with Crippen LogP contribution in [-0.2, 0) is 9.59 Å². The van der Waals surface area contributed by atoms with Crippen molar-refractivity contribution in [2.45, 2.75) is 31.8 Å². The highest BCUT2D eigenvalue weighted by molar-refractivity contribution is 7.12. The lowest BCUT2D eigenvalue weighted by Gasteiger charge is -2.45.